The minimum atomic E-state index is 0. The van der Waals surface area contributed by atoms with Gasteiger partial charge in [-0.1, -0.05) is 36.4 Å². The predicted octanol–water partition coefficient (Wildman–Crippen LogP) is 4.61. The third-order valence-electron chi connectivity index (χ3n) is 3.32. The molecule has 0 N–H and O–H groups in total. The van der Waals surface area contributed by atoms with Crippen molar-refractivity contribution in [3.63, 3.8) is 0 Å². The fourth-order valence-electron chi connectivity index (χ4n) is 2.36. The SMILES string of the molecule is Cc1cccc2cc3c(C)cccc3cc12.[Yb]. The summed E-state index contributed by atoms with van der Waals surface area (Å²) in [5.41, 5.74) is 2.70. The van der Waals surface area contributed by atoms with Crippen molar-refractivity contribution in [2.75, 3.05) is 0 Å². The van der Waals surface area contributed by atoms with Crippen LogP contribution in [0.2, 0.25) is 0 Å². The van der Waals surface area contributed by atoms with Crippen LogP contribution in [0.3, 0.4) is 0 Å². The molecule has 0 saturated heterocycles. The van der Waals surface area contributed by atoms with Gasteiger partial charge in [0.25, 0.3) is 0 Å². The average molecular weight is 379 g/mol. The number of aryl methyl sites for hydroxylation is 2. The third-order valence-corrected chi connectivity index (χ3v) is 3.32. The van der Waals surface area contributed by atoms with Crippen molar-refractivity contribution in [1.29, 1.82) is 0 Å². The van der Waals surface area contributed by atoms with Gasteiger partial charge < -0.3 is 0 Å². The maximum Gasteiger partial charge on any atom is 0 e. The van der Waals surface area contributed by atoms with Crippen molar-refractivity contribution < 1.29 is 46.9 Å². The first-order chi connectivity index (χ1) is 7.75. The molecule has 0 unspecified atom stereocenters. The minimum Gasteiger partial charge on any atom is -0.0614 e. The van der Waals surface area contributed by atoms with Crippen molar-refractivity contribution in [1.82, 2.24) is 0 Å². The Morgan fingerprint density at radius 3 is 1.47 bits per heavy atom. The molecule has 0 radical (unpaired) electrons. The predicted molar refractivity (Wildman–Crippen MR) is 70.9 cm³/mol. The van der Waals surface area contributed by atoms with Gasteiger partial charge in [-0.05, 0) is 58.7 Å². The zero-order valence-corrected chi connectivity index (χ0v) is 11.6. The third kappa shape index (κ3) is 2.31. The minimum absolute atomic E-state index is 0. The van der Waals surface area contributed by atoms with Crippen LogP contribution in [0.1, 0.15) is 11.1 Å². The smallest absolute Gasteiger partial charge is 0 e. The van der Waals surface area contributed by atoms with E-state index in [4.69, 9.17) is 0 Å². The summed E-state index contributed by atoms with van der Waals surface area (Å²) in [6.07, 6.45) is 0. The van der Waals surface area contributed by atoms with Crippen molar-refractivity contribution >= 4 is 21.5 Å². The maximum atomic E-state index is 2.30. The normalized spacial score (nSPS) is 10.5. The Kier molecular flexibility index (Phi) is 3.97. The van der Waals surface area contributed by atoms with Crippen LogP contribution in [0.15, 0.2) is 48.5 Å². The summed E-state index contributed by atoms with van der Waals surface area (Å²) in [7, 11) is 0. The van der Waals surface area contributed by atoms with Gasteiger partial charge in [0.15, 0.2) is 0 Å². The summed E-state index contributed by atoms with van der Waals surface area (Å²) >= 11 is 0. The first-order valence-electron chi connectivity index (χ1n) is 5.64. The Morgan fingerprint density at radius 1 is 0.647 bits per heavy atom. The molecule has 0 atom stereocenters. The van der Waals surface area contributed by atoms with Crippen LogP contribution in [-0.4, -0.2) is 0 Å². The second-order valence-corrected chi connectivity index (χ2v) is 4.44. The summed E-state index contributed by atoms with van der Waals surface area (Å²) in [6.45, 7) is 4.34. The van der Waals surface area contributed by atoms with Crippen LogP contribution >= 0.6 is 0 Å². The van der Waals surface area contributed by atoms with E-state index in [-0.39, 0.29) is 46.9 Å². The number of rotatable bonds is 0. The van der Waals surface area contributed by atoms with Crippen LogP contribution in [0.5, 0.6) is 0 Å². The van der Waals surface area contributed by atoms with E-state index in [1.165, 1.54) is 32.7 Å². The molecule has 3 aromatic rings. The van der Waals surface area contributed by atoms with Gasteiger partial charge in [-0.15, -0.1) is 0 Å². The fraction of sp³-hybridized carbons (Fsp3) is 0.125. The zero-order valence-electron chi connectivity index (χ0n) is 9.89. The number of benzene rings is 3. The second kappa shape index (κ2) is 5.14. The van der Waals surface area contributed by atoms with E-state index in [0.717, 1.165) is 0 Å². The summed E-state index contributed by atoms with van der Waals surface area (Å²) in [4.78, 5) is 0. The summed E-state index contributed by atoms with van der Waals surface area (Å²) in [5.74, 6) is 0. The molecule has 0 amide bonds. The molecule has 0 heterocycles. The molecule has 0 spiro atoms. The second-order valence-electron chi connectivity index (χ2n) is 4.44. The molecule has 0 aliphatic rings. The number of fused-ring (bicyclic) bond motifs is 2. The van der Waals surface area contributed by atoms with Crippen molar-refractivity contribution in [2.45, 2.75) is 13.8 Å². The number of hydrogen-bond acceptors (Lipinski definition) is 0. The molecule has 17 heavy (non-hydrogen) atoms. The molecule has 3 aromatic carbocycles. The van der Waals surface area contributed by atoms with Gasteiger partial charge >= 0.3 is 0 Å². The van der Waals surface area contributed by atoms with Crippen LogP contribution in [0, 0.1) is 60.8 Å². The molecule has 0 bridgehead atoms. The van der Waals surface area contributed by atoms with Gasteiger partial charge in [-0.3, -0.25) is 0 Å². The Morgan fingerprint density at radius 2 is 1.06 bits per heavy atom. The van der Waals surface area contributed by atoms with E-state index in [2.05, 4.69) is 62.4 Å². The van der Waals surface area contributed by atoms with E-state index in [1.807, 2.05) is 0 Å². The molecule has 0 aliphatic carbocycles. The van der Waals surface area contributed by atoms with E-state index >= 15 is 0 Å². The molecule has 0 nitrogen and oxygen atoms in total. The van der Waals surface area contributed by atoms with Gasteiger partial charge in [0, 0.05) is 46.9 Å². The van der Waals surface area contributed by atoms with E-state index < -0.39 is 0 Å². The van der Waals surface area contributed by atoms with E-state index in [1.54, 1.807) is 0 Å². The molecule has 1 heteroatoms. The van der Waals surface area contributed by atoms with Crippen LogP contribution in [-0.2, 0) is 0 Å². The molecular formula is C16H14Yb. The van der Waals surface area contributed by atoms with Crippen molar-refractivity contribution in [3.05, 3.63) is 59.7 Å². The van der Waals surface area contributed by atoms with Crippen LogP contribution < -0.4 is 0 Å². The Hall–Kier alpha value is -0.301. The Labute approximate surface area is 140 Å². The standard InChI is InChI=1S/C16H14.Yb/c1-11-5-3-7-13-10-16-12(2)6-4-8-14(16)9-15(11)13;/h3-10H,1-2H3;. The first-order valence-corrected chi connectivity index (χ1v) is 5.64. The van der Waals surface area contributed by atoms with Gasteiger partial charge in [-0.2, -0.15) is 0 Å². The first kappa shape index (κ1) is 13.1. The summed E-state index contributed by atoms with van der Waals surface area (Å²) < 4.78 is 0. The van der Waals surface area contributed by atoms with Gasteiger partial charge in [0.05, 0.1) is 0 Å². The molecule has 3 rings (SSSR count). The summed E-state index contributed by atoms with van der Waals surface area (Å²) in [5, 5.41) is 5.39. The molecular weight excluding hydrogens is 365 g/mol. The summed E-state index contributed by atoms with van der Waals surface area (Å²) in [6, 6.07) is 17.6. The monoisotopic (exact) mass is 380 g/mol. The average Bonchev–Trinajstić information content (AvgIpc) is 2.29. The quantitative estimate of drug-likeness (QED) is 0.501. The van der Waals surface area contributed by atoms with E-state index in [0.29, 0.717) is 0 Å². The van der Waals surface area contributed by atoms with E-state index in [9.17, 15) is 0 Å². The Bertz CT molecular complexity index is 622. The zero-order chi connectivity index (χ0) is 11.1. The number of hydrogen-bond donors (Lipinski definition) is 0. The maximum absolute atomic E-state index is 2.30. The molecule has 0 fully saturated rings. The van der Waals surface area contributed by atoms with Crippen molar-refractivity contribution in [3.8, 4) is 0 Å². The topological polar surface area (TPSA) is 0 Å². The molecule has 0 saturated carbocycles. The van der Waals surface area contributed by atoms with Gasteiger partial charge in [0.2, 0.25) is 0 Å². The van der Waals surface area contributed by atoms with Crippen LogP contribution in [0.4, 0.5) is 0 Å². The van der Waals surface area contributed by atoms with Gasteiger partial charge in [0.1, 0.15) is 0 Å². The molecule has 0 aliphatic heterocycles. The van der Waals surface area contributed by atoms with Gasteiger partial charge in [-0.25, -0.2) is 0 Å². The van der Waals surface area contributed by atoms with Crippen molar-refractivity contribution in [2.24, 2.45) is 0 Å². The largest absolute Gasteiger partial charge is 0.0614 e. The molecule has 92 valence electrons. The Balaban J connectivity index is 0.00000108. The fourth-order valence-corrected chi connectivity index (χ4v) is 2.36. The van der Waals surface area contributed by atoms with Crippen LogP contribution in [0.25, 0.3) is 21.5 Å². The molecule has 0 aromatic heterocycles.